The molecule has 3 bridgehead atoms. The maximum absolute atomic E-state index is 14.8. The van der Waals surface area contributed by atoms with E-state index in [0.29, 0.717) is 60.5 Å². The van der Waals surface area contributed by atoms with Crippen molar-refractivity contribution < 1.29 is 41.8 Å². The minimum atomic E-state index is -3.88. The van der Waals surface area contributed by atoms with Gasteiger partial charge >= 0.3 is 5.97 Å². The molecule has 14 nitrogen and oxygen atoms in total. The molecule has 4 fully saturated rings. The first-order chi connectivity index (χ1) is 27.5. The number of ether oxygens (including phenoxy) is 3. The quantitative estimate of drug-likeness (QED) is 0.319. The van der Waals surface area contributed by atoms with Gasteiger partial charge < -0.3 is 24.4 Å². The standard InChI is InChI=1S/C42H55N5O9S/c1-54-29-17-20-32-34(22-29)44-39-33(43-32)15-9-5-7-11-26-13-10-16-36(26)56-37(48)21-27-12-6-3-2-4-8-14-28-24-42(28,41(51)46-57(52,53)31-18-19-31)45-38(49)35-23-30(55-39)25-47(35)40(27)50/h8,14,17,20,22,26-28,30-31,35-36H,2-7,9-13,15-16,18-19,21,23-25H2,1H3,(H,45,49)(H,46,51)/b14-8-/t26-,27-,28+,30-,35+,36-,42-/m1/s1. The second-order valence-corrected chi connectivity index (χ2v) is 19.0. The number of benzene rings is 1. The van der Waals surface area contributed by atoms with Gasteiger partial charge in [0.2, 0.25) is 27.7 Å². The molecule has 4 heterocycles. The summed E-state index contributed by atoms with van der Waals surface area (Å²) in [4.78, 5) is 68.1. The fourth-order valence-electron chi connectivity index (χ4n) is 9.36. The lowest BCUT2D eigenvalue weighted by molar-refractivity contribution is -0.155. The van der Waals surface area contributed by atoms with Crippen LogP contribution in [-0.2, 0) is 40.4 Å². The number of sulfonamides is 1. The van der Waals surface area contributed by atoms with Crippen molar-refractivity contribution in [3.8, 4) is 11.6 Å². The summed E-state index contributed by atoms with van der Waals surface area (Å²) in [5, 5.41) is 2.32. The number of nitrogens with zero attached hydrogens (tertiary/aromatic N) is 3. The number of esters is 1. The largest absolute Gasteiger partial charge is 0.497 e. The highest BCUT2D eigenvalue weighted by Gasteiger charge is 2.62. The molecule has 1 saturated heterocycles. The molecule has 0 unspecified atom stereocenters. The summed E-state index contributed by atoms with van der Waals surface area (Å²) in [6.45, 7) is 0.0447. The second kappa shape index (κ2) is 16.5. The van der Waals surface area contributed by atoms with Crippen LogP contribution in [0.15, 0.2) is 30.4 Å². The number of aryl methyl sites for hydroxylation is 1. The van der Waals surface area contributed by atoms with E-state index in [-0.39, 0.29) is 49.7 Å². The smallest absolute Gasteiger partial charge is 0.306 e. The van der Waals surface area contributed by atoms with E-state index in [1.165, 1.54) is 4.90 Å². The molecule has 308 valence electrons. The van der Waals surface area contributed by atoms with Crippen LogP contribution in [0.2, 0.25) is 0 Å². The third-order valence-corrected chi connectivity index (χ3v) is 14.7. The van der Waals surface area contributed by atoms with E-state index in [2.05, 4.69) is 10.0 Å². The number of fused-ring (bicyclic) bond motifs is 6. The monoisotopic (exact) mass is 805 g/mol. The van der Waals surface area contributed by atoms with Gasteiger partial charge in [-0.05, 0) is 95.1 Å². The van der Waals surface area contributed by atoms with Gasteiger partial charge in [0.25, 0.3) is 5.91 Å². The normalized spacial score (nSPS) is 32.2. The van der Waals surface area contributed by atoms with Gasteiger partial charge in [0, 0.05) is 24.3 Å². The van der Waals surface area contributed by atoms with Crippen molar-refractivity contribution in [1.29, 1.82) is 0 Å². The number of hydrogen-bond acceptors (Lipinski definition) is 11. The average molecular weight is 806 g/mol. The number of hydrogen-bond donors (Lipinski definition) is 2. The van der Waals surface area contributed by atoms with Crippen LogP contribution in [0.3, 0.4) is 0 Å². The van der Waals surface area contributed by atoms with Crippen LogP contribution < -0.4 is 19.5 Å². The molecule has 6 aliphatic rings. The fourth-order valence-corrected chi connectivity index (χ4v) is 10.7. The molecule has 7 atom stereocenters. The number of aromatic nitrogens is 2. The number of nitrogens with one attached hydrogen (secondary N) is 2. The zero-order valence-electron chi connectivity index (χ0n) is 32.8. The number of carbonyl (C=O) groups is 4. The fraction of sp³-hybridized carbons (Fsp3) is 0.667. The molecule has 15 heteroatoms. The minimum Gasteiger partial charge on any atom is -0.497 e. The molecule has 0 radical (unpaired) electrons. The highest BCUT2D eigenvalue weighted by atomic mass is 32.2. The van der Waals surface area contributed by atoms with E-state index < -0.39 is 56.6 Å². The van der Waals surface area contributed by atoms with Gasteiger partial charge in [-0.2, -0.15) is 0 Å². The number of methoxy groups -OCH3 is 1. The van der Waals surface area contributed by atoms with Gasteiger partial charge in [-0.25, -0.2) is 18.4 Å². The molecule has 3 amide bonds. The third kappa shape index (κ3) is 8.78. The molecule has 1 aromatic heterocycles. The van der Waals surface area contributed by atoms with Gasteiger partial charge in [-0.3, -0.25) is 23.9 Å². The van der Waals surface area contributed by atoms with Gasteiger partial charge in [0.15, 0.2) is 0 Å². The Morgan fingerprint density at radius 2 is 1.75 bits per heavy atom. The number of carbonyl (C=O) groups excluding carboxylic acids is 4. The lowest BCUT2D eigenvalue weighted by Crippen LogP contribution is -2.57. The Hall–Kier alpha value is -4.27. The van der Waals surface area contributed by atoms with Crippen LogP contribution in [0, 0.1) is 17.8 Å². The Morgan fingerprint density at radius 3 is 2.58 bits per heavy atom. The van der Waals surface area contributed by atoms with Crippen LogP contribution >= 0.6 is 0 Å². The lowest BCUT2D eigenvalue weighted by atomic mass is 9.94. The van der Waals surface area contributed by atoms with E-state index >= 15 is 0 Å². The van der Waals surface area contributed by atoms with Gasteiger partial charge in [0.1, 0.15) is 35.2 Å². The van der Waals surface area contributed by atoms with Crippen LogP contribution in [0.4, 0.5) is 0 Å². The Bertz CT molecular complexity index is 2020. The number of rotatable bonds is 4. The molecule has 3 aliphatic carbocycles. The molecule has 57 heavy (non-hydrogen) atoms. The van der Waals surface area contributed by atoms with Crippen LogP contribution in [0.5, 0.6) is 11.6 Å². The number of amides is 3. The predicted octanol–water partition coefficient (Wildman–Crippen LogP) is 4.83. The molecular formula is C42H55N5O9S. The summed E-state index contributed by atoms with van der Waals surface area (Å²) in [6.07, 6.45) is 15.0. The first-order valence-electron chi connectivity index (χ1n) is 21.1. The maximum atomic E-state index is 14.8. The molecule has 3 saturated carbocycles. The van der Waals surface area contributed by atoms with Gasteiger partial charge in [0.05, 0.1) is 36.4 Å². The first-order valence-corrected chi connectivity index (χ1v) is 22.6. The molecule has 2 N–H and O–H groups in total. The SMILES string of the molecule is COc1ccc2nc3c(nc2c1)O[C@@H]1C[C@H]2C(=O)N[C@]4(C(=O)NS(=O)(=O)C5CC5)C[C@@H]4/C=C\CCCCC[C@H](CC(=O)O[C@@H]4CCC[C@H]4CCCCC3)C(=O)N2C1. The average Bonchev–Trinajstić information content (AvgIpc) is 4.08. The van der Waals surface area contributed by atoms with Crippen molar-refractivity contribution in [3.63, 3.8) is 0 Å². The van der Waals surface area contributed by atoms with E-state index in [9.17, 15) is 27.6 Å². The predicted molar refractivity (Wildman–Crippen MR) is 209 cm³/mol. The summed E-state index contributed by atoms with van der Waals surface area (Å²) in [5.74, 6) is -1.96. The van der Waals surface area contributed by atoms with Crippen LogP contribution in [-0.4, -0.2) is 89.7 Å². The highest BCUT2D eigenvalue weighted by molar-refractivity contribution is 7.91. The maximum Gasteiger partial charge on any atom is 0.306 e. The van der Waals surface area contributed by atoms with Crippen molar-refractivity contribution in [1.82, 2.24) is 24.9 Å². The van der Waals surface area contributed by atoms with Crippen molar-refractivity contribution >= 4 is 44.7 Å². The summed E-state index contributed by atoms with van der Waals surface area (Å²) in [6, 6.07) is 4.45. The van der Waals surface area contributed by atoms with E-state index in [0.717, 1.165) is 64.2 Å². The molecule has 2 aromatic rings. The van der Waals surface area contributed by atoms with Crippen LogP contribution in [0.25, 0.3) is 11.0 Å². The van der Waals surface area contributed by atoms with Crippen molar-refractivity contribution in [2.24, 2.45) is 17.8 Å². The summed E-state index contributed by atoms with van der Waals surface area (Å²) in [5.41, 5.74) is 0.504. The topological polar surface area (TPSA) is 183 Å². The van der Waals surface area contributed by atoms with Crippen molar-refractivity contribution in [2.75, 3.05) is 13.7 Å². The zero-order valence-corrected chi connectivity index (χ0v) is 33.6. The second-order valence-electron chi connectivity index (χ2n) is 17.0. The first kappa shape index (κ1) is 39.6. The summed E-state index contributed by atoms with van der Waals surface area (Å²) < 4.78 is 46.3. The van der Waals surface area contributed by atoms with Crippen LogP contribution in [0.1, 0.15) is 115 Å². The molecular weight excluding hydrogens is 751 g/mol. The van der Waals surface area contributed by atoms with Gasteiger partial charge in [-0.1, -0.05) is 37.8 Å². The van der Waals surface area contributed by atoms with E-state index in [4.69, 9.17) is 24.2 Å². The minimum absolute atomic E-state index is 0.0447. The van der Waals surface area contributed by atoms with E-state index in [1.54, 1.807) is 13.2 Å². The Morgan fingerprint density at radius 1 is 0.947 bits per heavy atom. The summed E-state index contributed by atoms with van der Waals surface area (Å²) >= 11 is 0. The summed E-state index contributed by atoms with van der Waals surface area (Å²) in [7, 11) is -2.30. The Labute approximate surface area is 334 Å². The molecule has 3 aliphatic heterocycles. The molecule has 1 aromatic carbocycles. The lowest BCUT2D eigenvalue weighted by Gasteiger charge is -2.29. The Balaban J connectivity index is 1.14. The number of allylic oxidation sites excluding steroid dienone is 1. The van der Waals surface area contributed by atoms with Crippen molar-refractivity contribution in [2.45, 2.75) is 145 Å². The zero-order chi connectivity index (χ0) is 39.7. The third-order valence-electron chi connectivity index (χ3n) is 12.9. The molecule has 0 spiro atoms. The molecule has 8 rings (SSSR count). The van der Waals surface area contributed by atoms with Gasteiger partial charge in [-0.15, -0.1) is 0 Å². The Kier molecular flexibility index (Phi) is 11.5. The van der Waals surface area contributed by atoms with E-state index in [1.807, 2.05) is 24.3 Å². The highest BCUT2D eigenvalue weighted by Crippen LogP contribution is 2.46. The van der Waals surface area contributed by atoms with Crippen molar-refractivity contribution in [3.05, 3.63) is 36.0 Å².